The van der Waals surface area contributed by atoms with Crippen LogP contribution < -0.4 is 10.1 Å². The molecule has 1 aliphatic heterocycles. The third-order valence-corrected chi connectivity index (χ3v) is 7.92. The fourth-order valence-corrected chi connectivity index (χ4v) is 6.84. The Labute approximate surface area is 167 Å². The number of nitrogens with one attached hydrogen (secondary N) is 1. The van der Waals surface area contributed by atoms with Crippen molar-refractivity contribution in [3.05, 3.63) is 29.8 Å². The summed E-state index contributed by atoms with van der Waals surface area (Å²) in [5.74, 6) is 3.27. The number of benzene rings is 1. The fourth-order valence-electron chi connectivity index (χ4n) is 6.84. The highest BCUT2D eigenvalue weighted by molar-refractivity contribution is 5.75. The molecule has 0 atom stereocenters. The van der Waals surface area contributed by atoms with Crippen molar-refractivity contribution in [3.8, 4) is 5.75 Å². The first-order valence-corrected chi connectivity index (χ1v) is 10.9. The standard InChI is InChI=1S/C23H32N2O3/c1-28-20-4-2-19(3-5-20)23(27)6-8-25(9-7-23)21(26)24-22-13-16-10-17(14-22)12-18(11-16)15-22/h2-5,16-18,27H,6-15H2,1H3,(H,24,26). The van der Waals surface area contributed by atoms with Crippen LogP contribution in [0.25, 0.3) is 0 Å². The highest BCUT2D eigenvalue weighted by Gasteiger charge is 2.52. The lowest BCUT2D eigenvalue weighted by molar-refractivity contribution is -0.0279. The van der Waals surface area contributed by atoms with Gasteiger partial charge in [0.15, 0.2) is 0 Å². The zero-order chi connectivity index (χ0) is 19.4. The molecule has 4 bridgehead atoms. The van der Waals surface area contributed by atoms with Crippen molar-refractivity contribution in [2.45, 2.75) is 62.5 Å². The van der Waals surface area contributed by atoms with Crippen LogP contribution in [0.5, 0.6) is 5.75 Å². The lowest BCUT2D eigenvalue weighted by Crippen LogP contribution is -2.62. The quantitative estimate of drug-likeness (QED) is 0.836. The SMILES string of the molecule is COc1ccc(C2(O)CCN(C(=O)NC34CC5CC(CC(C5)C3)C4)CC2)cc1. The summed E-state index contributed by atoms with van der Waals surface area (Å²) < 4.78 is 5.21. The van der Waals surface area contributed by atoms with Crippen molar-refractivity contribution in [3.63, 3.8) is 0 Å². The molecule has 4 saturated carbocycles. The van der Waals surface area contributed by atoms with Crippen molar-refractivity contribution in [1.29, 1.82) is 0 Å². The smallest absolute Gasteiger partial charge is 0.317 e. The van der Waals surface area contributed by atoms with Crippen LogP contribution in [-0.2, 0) is 5.60 Å². The number of piperidine rings is 1. The summed E-state index contributed by atoms with van der Waals surface area (Å²) in [4.78, 5) is 14.9. The number of aliphatic hydroxyl groups is 1. The molecule has 0 unspecified atom stereocenters. The zero-order valence-corrected chi connectivity index (χ0v) is 16.8. The van der Waals surface area contributed by atoms with Crippen LogP contribution in [0.15, 0.2) is 24.3 Å². The average Bonchev–Trinajstić information content (AvgIpc) is 2.67. The molecular formula is C23H32N2O3. The number of hydrogen-bond donors (Lipinski definition) is 2. The van der Waals surface area contributed by atoms with Crippen LogP contribution in [0.2, 0.25) is 0 Å². The van der Waals surface area contributed by atoms with Gasteiger partial charge in [-0.25, -0.2) is 4.79 Å². The normalized spacial score (nSPS) is 35.6. The number of carbonyl (C=O) groups is 1. The lowest BCUT2D eigenvalue weighted by Gasteiger charge is -2.57. The summed E-state index contributed by atoms with van der Waals surface area (Å²) in [5, 5.41) is 14.6. The van der Waals surface area contributed by atoms with Crippen LogP contribution in [-0.4, -0.2) is 41.8 Å². The molecule has 5 heteroatoms. The molecule has 152 valence electrons. The van der Waals surface area contributed by atoms with Gasteiger partial charge in [-0.1, -0.05) is 12.1 Å². The van der Waals surface area contributed by atoms with Gasteiger partial charge >= 0.3 is 6.03 Å². The maximum Gasteiger partial charge on any atom is 0.317 e. The van der Waals surface area contributed by atoms with Crippen molar-refractivity contribution >= 4 is 6.03 Å². The Balaban J connectivity index is 1.21. The summed E-state index contributed by atoms with van der Waals surface area (Å²) in [7, 11) is 1.64. The predicted octanol–water partition coefficient (Wildman–Crippen LogP) is 3.66. The van der Waals surface area contributed by atoms with Gasteiger partial charge in [-0.2, -0.15) is 0 Å². The van der Waals surface area contributed by atoms with E-state index in [4.69, 9.17) is 4.74 Å². The monoisotopic (exact) mass is 384 g/mol. The summed E-state index contributed by atoms with van der Waals surface area (Å²) >= 11 is 0. The number of rotatable bonds is 3. The molecular weight excluding hydrogens is 352 g/mol. The Kier molecular flexibility index (Phi) is 4.34. The van der Waals surface area contributed by atoms with E-state index >= 15 is 0 Å². The average molecular weight is 385 g/mol. The van der Waals surface area contributed by atoms with E-state index in [1.165, 1.54) is 38.5 Å². The van der Waals surface area contributed by atoms with Gasteiger partial charge in [-0.15, -0.1) is 0 Å². The maximum atomic E-state index is 13.0. The Morgan fingerprint density at radius 1 is 1.04 bits per heavy atom. The Morgan fingerprint density at radius 3 is 2.07 bits per heavy atom. The molecule has 1 saturated heterocycles. The van der Waals surface area contributed by atoms with Crippen LogP contribution in [0.1, 0.15) is 56.9 Å². The fraction of sp³-hybridized carbons (Fsp3) is 0.696. The highest BCUT2D eigenvalue weighted by Crippen LogP contribution is 2.55. The summed E-state index contributed by atoms with van der Waals surface area (Å²) in [5.41, 5.74) is 0.105. The highest BCUT2D eigenvalue weighted by atomic mass is 16.5. The molecule has 5 aliphatic rings. The van der Waals surface area contributed by atoms with Crippen LogP contribution >= 0.6 is 0 Å². The molecule has 0 aromatic heterocycles. The molecule has 5 fully saturated rings. The van der Waals surface area contributed by atoms with Gasteiger partial charge in [0, 0.05) is 18.6 Å². The Hall–Kier alpha value is -1.75. The first-order chi connectivity index (χ1) is 13.5. The minimum atomic E-state index is -0.857. The van der Waals surface area contributed by atoms with Crippen molar-refractivity contribution < 1.29 is 14.6 Å². The number of methoxy groups -OCH3 is 1. The topological polar surface area (TPSA) is 61.8 Å². The molecule has 0 spiro atoms. The van der Waals surface area contributed by atoms with Gasteiger partial charge in [-0.05, 0) is 86.8 Å². The van der Waals surface area contributed by atoms with Crippen molar-refractivity contribution in [2.24, 2.45) is 17.8 Å². The van der Waals surface area contributed by atoms with E-state index in [0.717, 1.165) is 29.1 Å². The largest absolute Gasteiger partial charge is 0.497 e. The first-order valence-electron chi connectivity index (χ1n) is 10.9. The molecule has 4 aliphatic carbocycles. The summed E-state index contributed by atoms with van der Waals surface area (Å²) in [6, 6.07) is 7.73. The first kappa shape index (κ1) is 18.3. The van der Waals surface area contributed by atoms with Crippen molar-refractivity contribution in [1.82, 2.24) is 10.2 Å². The van der Waals surface area contributed by atoms with Gasteiger partial charge in [0.1, 0.15) is 5.75 Å². The van der Waals surface area contributed by atoms with Gasteiger partial charge in [0.25, 0.3) is 0 Å². The van der Waals surface area contributed by atoms with E-state index in [-0.39, 0.29) is 11.6 Å². The zero-order valence-electron chi connectivity index (χ0n) is 16.8. The molecule has 1 aromatic carbocycles. The van der Waals surface area contributed by atoms with E-state index in [1.807, 2.05) is 29.2 Å². The molecule has 5 nitrogen and oxygen atoms in total. The number of carbonyl (C=O) groups excluding carboxylic acids is 1. The van der Waals surface area contributed by atoms with Gasteiger partial charge in [-0.3, -0.25) is 0 Å². The summed E-state index contributed by atoms with van der Waals surface area (Å²) in [6.07, 6.45) is 8.83. The van der Waals surface area contributed by atoms with Gasteiger partial charge in [0.2, 0.25) is 0 Å². The molecule has 6 rings (SSSR count). The predicted molar refractivity (Wildman–Crippen MR) is 107 cm³/mol. The van der Waals surface area contributed by atoms with E-state index in [1.54, 1.807) is 7.11 Å². The Morgan fingerprint density at radius 2 is 1.57 bits per heavy atom. The van der Waals surface area contributed by atoms with Gasteiger partial charge < -0.3 is 20.1 Å². The van der Waals surface area contributed by atoms with Crippen LogP contribution in [0, 0.1) is 17.8 Å². The third-order valence-electron chi connectivity index (χ3n) is 7.92. The molecule has 2 amide bonds. The summed E-state index contributed by atoms with van der Waals surface area (Å²) in [6.45, 7) is 1.20. The number of likely N-dealkylation sites (tertiary alicyclic amines) is 1. The lowest BCUT2D eigenvalue weighted by atomic mass is 9.53. The van der Waals surface area contributed by atoms with E-state index in [0.29, 0.717) is 25.9 Å². The van der Waals surface area contributed by atoms with Crippen LogP contribution in [0.4, 0.5) is 4.79 Å². The van der Waals surface area contributed by atoms with Crippen molar-refractivity contribution in [2.75, 3.05) is 20.2 Å². The Bertz CT molecular complexity index is 701. The molecule has 2 N–H and O–H groups in total. The minimum absolute atomic E-state index is 0.0512. The second kappa shape index (κ2) is 6.65. The third kappa shape index (κ3) is 3.18. The van der Waals surface area contributed by atoms with Gasteiger partial charge in [0.05, 0.1) is 12.7 Å². The number of urea groups is 1. The maximum absolute atomic E-state index is 13.0. The number of nitrogens with zero attached hydrogens (tertiary/aromatic N) is 1. The molecule has 0 radical (unpaired) electrons. The molecule has 1 heterocycles. The molecule has 1 aromatic rings. The number of amides is 2. The van der Waals surface area contributed by atoms with E-state index in [9.17, 15) is 9.90 Å². The second-order valence-corrected chi connectivity index (χ2v) is 9.88. The number of hydrogen-bond acceptors (Lipinski definition) is 3. The number of ether oxygens (including phenoxy) is 1. The second-order valence-electron chi connectivity index (χ2n) is 9.88. The van der Waals surface area contributed by atoms with E-state index < -0.39 is 5.60 Å². The minimum Gasteiger partial charge on any atom is -0.497 e. The van der Waals surface area contributed by atoms with E-state index in [2.05, 4.69) is 5.32 Å². The molecule has 28 heavy (non-hydrogen) atoms. The van der Waals surface area contributed by atoms with Crippen LogP contribution in [0.3, 0.4) is 0 Å².